The van der Waals surface area contributed by atoms with E-state index in [1.54, 1.807) is 0 Å². The van der Waals surface area contributed by atoms with Crippen LogP contribution in [0.4, 0.5) is 10.1 Å². The van der Waals surface area contributed by atoms with Gasteiger partial charge in [-0.1, -0.05) is 15.9 Å². The van der Waals surface area contributed by atoms with Crippen LogP contribution in [0, 0.1) is 5.82 Å². The zero-order valence-electron chi connectivity index (χ0n) is 6.73. The van der Waals surface area contributed by atoms with Crippen molar-refractivity contribution in [1.29, 1.82) is 0 Å². The summed E-state index contributed by atoms with van der Waals surface area (Å²) in [6.45, 7) is 0. The Balaban J connectivity index is 2.53. The van der Waals surface area contributed by atoms with Gasteiger partial charge in [-0.25, -0.2) is 4.39 Å². The lowest BCUT2D eigenvalue weighted by molar-refractivity contribution is -0.116. The predicted octanol–water partition coefficient (Wildman–Crippen LogP) is 2.47. The Kier molecular flexibility index (Phi) is 2.07. The standard InChI is InChI=1S/C9H7BrFNO/c10-7-3-5(11)4-8-6(7)1-2-9(13)12-8/h3-4H,1-2H2,(H,12,13). The molecule has 0 radical (unpaired) electrons. The second kappa shape index (κ2) is 3.10. The molecule has 0 saturated carbocycles. The Hall–Kier alpha value is -0.900. The molecule has 0 unspecified atom stereocenters. The Bertz CT molecular complexity index is 378. The van der Waals surface area contributed by atoms with Crippen LogP contribution in [-0.2, 0) is 11.2 Å². The van der Waals surface area contributed by atoms with Gasteiger partial charge in [0.2, 0.25) is 5.91 Å². The largest absolute Gasteiger partial charge is 0.326 e. The minimum Gasteiger partial charge on any atom is -0.326 e. The van der Waals surface area contributed by atoms with Crippen LogP contribution >= 0.6 is 15.9 Å². The Morgan fingerprint density at radius 3 is 2.92 bits per heavy atom. The molecule has 0 fully saturated rings. The number of carbonyl (C=O) groups is 1. The molecule has 13 heavy (non-hydrogen) atoms. The SMILES string of the molecule is O=C1CCc2c(Br)cc(F)cc2N1. The van der Waals surface area contributed by atoms with Crippen LogP contribution in [0.5, 0.6) is 0 Å². The van der Waals surface area contributed by atoms with Crippen LogP contribution in [0.15, 0.2) is 16.6 Å². The van der Waals surface area contributed by atoms with Gasteiger partial charge in [0, 0.05) is 16.6 Å². The van der Waals surface area contributed by atoms with Crippen molar-refractivity contribution < 1.29 is 9.18 Å². The summed E-state index contributed by atoms with van der Waals surface area (Å²) in [5.41, 5.74) is 1.56. The van der Waals surface area contributed by atoms with Crippen molar-refractivity contribution in [3.8, 4) is 0 Å². The molecule has 68 valence electrons. The monoisotopic (exact) mass is 243 g/mol. The van der Waals surface area contributed by atoms with E-state index in [0.717, 1.165) is 10.0 Å². The van der Waals surface area contributed by atoms with Gasteiger partial charge in [0.05, 0.1) is 0 Å². The molecule has 0 atom stereocenters. The second-order valence-corrected chi connectivity index (χ2v) is 3.82. The number of carbonyl (C=O) groups excluding carboxylic acids is 1. The number of rotatable bonds is 0. The second-order valence-electron chi connectivity index (χ2n) is 2.96. The van der Waals surface area contributed by atoms with E-state index >= 15 is 0 Å². The van der Waals surface area contributed by atoms with Gasteiger partial charge in [-0.2, -0.15) is 0 Å². The summed E-state index contributed by atoms with van der Waals surface area (Å²) >= 11 is 3.26. The molecule has 0 spiro atoms. The van der Waals surface area contributed by atoms with Crippen molar-refractivity contribution in [3.05, 3.63) is 28.0 Å². The zero-order valence-corrected chi connectivity index (χ0v) is 8.32. The number of nitrogens with one attached hydrogen (secondary N) is 1. The van der Waals surface area contributed by atoms with Crippen molar-refractivity contribution in [2.45, 2.75) is 12.8 Å². The number of amides is 1. The van der Waals surface area contributed by atoms with Gasteiger partial charge >= 0.3 is 0 Å². The summed E-state index contributed by atoms with van der Waals surface area (Å²) in [5, 5.41) is 2.63. The minimum absolute atomic E-state index is 0.0509. The zero-order chi connectivity index (χ0) is 9.42. The fourth-order valence-corrected chi connectivity index (χ4v) is 2.05. The molecule has 0 aromatic heterocycles. The van der Waals surface area contributed by atoms with Gasteiger partial charge in [-0.15, -0.1) is 0 Å². The van der Waals surface area contributed by atoms with Gasteiger partial charge in [0.1, 0.15) is 5.82 Å². The van der Waals surface area contributed by atoms with Gasteiger partial charge < -0.3 is 5.32 Å². The molecule has 0 aliphatic carbocycles. The highest BCUT2D eigenvalue weighted by molar-refractivity contribution is 9.10. The first kappa shape index (κ1) is 8.69. The van der Waals surface area contributed by atoms with Gasteiger partial charge in [-0.05, 0) is 24.1 Å². The molecule has 4 heteroatoms. The van der Waals surface area contributed by atoms with E-state index in [1.807, 2.05) is 0 Å². The molecule has 2 rings (SSSR count). The molecule has 1 aromatic carbocycles. The van der Waals surface area contributed by atoms with Crippen LogP contribution in [-0.4, -0.2) is 5.91 Å². The highest BCUT2D eigenvalue weighted by Gasteiger charge is 2.17. The number of halogens is 2. The fourth-order valence-electron chi connectivity index (χ4n) is 1.42. The first-order valence-electron chi connectivity index (χ1n) is 3.94. The summed E-state index contributed by atoms with van der Waals surface area (Å²) in [6.07, 6.45) is 1.14. The minimum atomic E-state index is -0.340. The number of hydrogen-bond donors (Lipinski definition) is 1. The lowest BCUT2D eigenvalue weighted by atomic mass is 10.0. The Morgan fingerprint density at radius 2 is 2.15 bits per heavy atom. The lowest BCUT2D eigenvalue weighted by Gasteiger charge is -2.17. The third-order valence-corrected chi connectivity index (χ3v) is 2.74. The molecule has 0 saturated heterocycles. The number of anilines is 1. The van der Waals surface area contributed by atoms with Crippen LogP contribution in [0.25, 0.3) is 0 Å². The number of benzene rings is 1. The van der Waals surface area contributed by atoms with Crippen molar-refractivity contribution in [1.82, 2.24) is 0 Å². The van der Waals surface area contributed by atoms with Gasteiger partial charge in [-0.3, -0.25) is 4.79 Å². The fraction of sp³-hybridized carbons (Fsp3) is 0.222. The summed E-state index contributed by atoms with van der Waals surface area (Å²) in [7, 11) is 0. The molecule has 1 aromatic rings. The molecule has 1 heterocycles. The predicted molar refractivity (Wildman–Crippen MR) is 51.1 cm³/mol. The van der Waals surface area contributed by atoms with Crippen LogP contribution in [0.3, 0.4) is 0 Å². The third-order valence-electron chi connectivity index (χ3n) is 2.04. The van der Waals surface area contributed by atoms with E-state index in [-0.39, 0.29) is 11.7 Å². The molecule has 1 N–H and O–H groups in total. The number of hydrogen-bond acceptors (Lipinski definition) is 1. The highest BCUT2D eigenvalue weighted by Crippen LogP contribution is 2.30. The maximum Gasteiger partial charge on any atom is 0.224 e. The summed E-state index contributed by atoms with van der Waals surface area (Å²) in [5.74, 6) is -0.391. The van der Waals surface area contributed by atoms with Crippen molar-refractivity contribution in [2.24, 2.45) is 0 Å². The van der Waals surface area contributed by atoms with Crippen molar-refractivity contribution >= 4 is 27.5 Å². The molecule has 2 nitrogen and oxygen atoms in total. The summed E-state index contributed by atoms with van der Waals surface area (Å²) < 4.78 is 13.6. The van der Waals surface area contributed by atoms with Crippen molar-refractivity contribution in [2.75, 3.05) is 5.32 Å². The molecule has 1 aliphatic rings. The molecule has 1 aliphatic heterocycles. The normalized spacial score (nSPS) is 15.1. The molecular weight excluding hydrogens is 237 g/mol. The van der Waals surface area contributed by atoms with Gasteiger partial charge in [0.15, 0.2) is 0 Å². The molecular formula is C9H7BrFNO. The Labute approximate surface area is 83.3 Å². The Morgan fingerprint density at radius 1 is 1.38 bits per heavy atom. The van der Waals surface area contributed by atoms with Crippen LogP contribution in [0.1, 0.15) is 12.0 Å². The van der Waals surface area contributed by atoms with E-state index < -0.39 is 0 Å². The quantitative estimate of drug-likeness (QED) is 0.746. The van der Waals surface area contributed by atoms with Crippen molar-refractivity contribution in [3.63, 3.8) is 0 Å². The van der Waals surface area contributed by atoms with E-state index in [4.69, 9.17) is 0 Å². The number of fused-ring (bicyclic) bond motifs is 1. The van der Waals surface area contributed by atoms with Crippen LogP contribution < -0.4 is 5.32 Å². The highest BCUT2D eigenvalue weighted by atomic mass is 79.9. The van der Waals surface area contributed by atoms with E-state index in [2.05, 4.69) is 21.2 Å². The third kappa shape index (κ3) is 1.58. The maximum atomic E-state index is 12.9. The van der Waals surface area contributed by atoms with E-state index in [0.29, 0.717) is 18.5 Å². The van der Waals surface area contributed by atoms with Crippen LogP contribution in [0.2, 0.25) is 0 Å². The first-order chi connectivity index (χ1) is 6.16. The molecule has 0 bridgehead atoms. The summed E-state index contributed by atoms with van der Waals surface area (Å²) in [6, 6.07) is 2.76. The molecule has 1 amide bonds. The van der Waals surface area contributed by atoms with E-state index in [1.165, 1.54) is 12.1 Å². The topological polar surface area (TPSA) is 29.1 Å². The average molecular weight is 244 g/mol. The average Bonchev–Trinajstić information content (AvgIpc) is 2.02. The summed E-state index contributed by atoms with van der Waals surface area (Å²) in [4.78, 5) is 11.0. The van der Waals surface area contributed by atoms with Gasteiger partial charge in [0.25, 0.3) is 0 Å². The first-order valence-corrected chi connectivity index (χ1v) is 4.74. The lowest BCUT2D eigenvalue weighted by Crippen LogP contribution is -2.19. The smallest absolute Gasteiger partial charge is 0.224 e. The van der Waals surface area contributed by atoms with E-state index in [9.17, 15) is 9.18 Å². The maximum absolute atomic E-state index is 12.9.